The second-order valence-corrected chi connectivity index (χ2v) is 3.47. The van der Waals surface area contributed by atoms with Gasteiger partial charge in [-0.3, -0.25) is 0 Å². The van der Waals surface area contributed by atoms with Crippen molar-refractivity contribution in [1.29, 1.82) is 0 Å². The van der Waals surface area contributed by atoms with Crippen LogP contribution in [0.15, 0.2) is 11.6 Å². The lowest BCUT2D eigenvalue weighted by atomic mass is 10.3. The Bertz CT molecular complexity index is 201. The smallest absolute Gasteiger partial charge is 0.109 e. The Kier molecular flexibility index (Phi) is 4.21. The first kappa shape index (κ1) is 9.64. The fourth-order valence-electron chi connectivity index (χ4n) is 0.913. The molecule has 12 heavy (non-hydrogen) atoms. The molecule has 0 fully saturated rings. The molecule has 0 aliphatic rings. The van der Waals surface area contributed by atoms with E-state index in [2.05, 4.69) is 17.2 Å². The maximum atomic E-state index is 4.93. The van der Waals surface area contributed by atoms with Crippen LogP contribution in [0.4, 0.5) is 0 Å². The summed E-state index contributed by atoms with van der Waals surface area (Å²) in [6.07, 6.45) is 1.83. The van der Waals surface area contributed by atoms with Crippen molar-refractivity contribution in [3.63, 3.8) is 0 Å². The van der Waals surface area contributed by atoms with Gasteiger partial charge in [-0.15, -0.1) is 11.3 Å². The molecular formula is C8H14N2OS. The number of thiazole rings is 1. The molecular weight excluding hydrogens is 172 g/mol. The molecule has 4 heteroatoms. The number of aromatic nitrogens is 1. The van der Waals surface area contributed by atoms with E-state index in [1.54, 1.807) is 18.4 Å². The molecule has 0 saturated carbocycles. The summed E-state index contributed by atoms with van der Waals surface area (Å²) in [4.78, 5) is 4.21. The van der Waals surface area contributed by atoms with E-state index in [1.165, 1.54) is 0 Å². The van der Waals surface area contributed by atoms with Gasteiger partial charge in [0, 0.05) is 25.2 Å². The highest BCUT2D eigenvalue weighted by molar-refractivity contribution is 7.09. The van der Waals surface area contributed by atoms with Crippen molar-refractivity contribution < 1.29 is 4.74 Å². The van der Waals surface area contributed by atoms with Gasteiger partial charge in [-0.05, 0) is 6.92 Å². The van der Waals surface area contributed by atoms with Crippen LogP contribution < -0.4 is 5.32 Å². The largest absolute Gasteiger partial charge is 0.383 e. The van der Waals surface area contributed by atoms with Crippen LogP contribution in [-0.2, 0) is 4.74 Å². The predicted molar refractivity (Wildman–Crippen MR) is 50.4 cm³/mol. The fraction of sp³-hybridized carbons (Fsp3) is 0.625. The summed E-state index contributed by atoms with van der Waals surface area (Å²) in [5.74, 6) is 0. The number of nitrogens with zero attached hydrogens (tertiary/aromatic N) is 1. The molecule has 0 unspecified atom stereocenters. The Labute approximate surface area is 76.8 Å². The molecule has 0 aliphatic carbocycles. The summed E-state index contributed by atoms with van der Waals surface area (Å²) in [6, 6.07) is 0.333. The summed E-state index contributed by atoms with van der Waals surface area (Å²) < 4.78 is 4.93. The van der Waals surface area contributed by atoms with Crippen molar-refractivity contribution in [2.24, 2.45) is 0 Å². The van der Waals surface area contributed by atoms with Crippen LogP contribution in [-0.4, -0.2) is 25.2 Å². The normalized spacial score (nSPS) is 13.2. The topological polar surface area (TPSA) is 34.1 Å². The minimum Gasteiger partial charge on any atom is -0.383 e. The van der Waals surface area contributed by atoms with Gasteiger partial charge in [-0.25, -0.2) is 4.98 Å². The summed E-state index contributed by atoms with van der Waals surface area (Å²) in [6.45, 7) is 3.72. The molecule has 1 heterocycles. The molecule has 1 rings (SSSR count). The maximum Gasteiger partial charge on any atom is 0.109 e. The Morgan fingerprint density at radius 2 is 2.58 bits per heavy atom. The van der Waals surface area contributed by atoms with Gasteiger partial charge >= 0.3 is 0 Å². The Balaban J connectivity index is 2.25. The summed E-state index contributed by atoms with van der Waals surface area (Å²) >= 11 is 1.67. The van der Waals surface area contributed by atoms with Gasteiger partial charge in [0.25, 0.3) is 0 Å². The SMILES string of the molecule is COCCN[C@H](C)c1nccs1. The van der Waals surface area contributed by atoms with E-state index in [-0.39, 0.29) is 0 Å². The first-order chi connectivity index (χ1) is 5.84. The summed E-state index contributed by atoms with van der Waals surface area (Å²) in [5.41, 5.74) is 0. The second kappa shape index (κ2) is 5.24. The van der Waals surface area contributed by atoms with Gasteiger partial charge in [0.15, 0.2) is 0 Å². The molecule has 0 aromatic carbocycles. The monoisotopic (exact) mass is 186 g/mol. The van der Waals surface area contributed by atoms with Crippen molar-refractivity contribution in [3.05, 3.63) is 16.6 Å². The number of rotatable bonds is 5. The van der Waals surface area contributed by atoms with Crippen LogP contribution >= 0.6 is 11.3 Å². The number of methoxy groups -OCH3 is 1. The third-order valence-corrected chi connectivity index (χ3v) is 2.54. The van der Waals surface area contributed by atoms with Gasteiger partial charge in [0.2, 0.25) is 0 Å². The lowest BCUT2D eigenvalue weighted by molar-refractivity contribution is 0.196. The minimum atomic E-state index is 0.333. The van der Waals surface area contributed by atoms with E-state index in [4.69, 9.17) is 4.74 Å². The predicted octanol–water partition coefficient (Wildman–Crippen LogP) is 1.44. The zero-order valence-corrected chi connectivity index (χ0v) is 8.23. The fourth-order valence-corrected chi connectivity index (χ4v) is 1.58. The highest BCUT2D eigenvalue weighted by Gasteiger charge is 2.05. The zero-order valence-electron chi connectivity index (χ0n) is 7.41. The molecule has 3 nitrogen and oxygen atoms in total. The van der Waals surface area contributed by atoms with Crippen molar-refractivity contribution in [1.82, 2.24) is 10.3 Å². The Morgan fingerprint density at radius 1 is 1.75 bits per heavy atom. The molecule has 1 N–H and O–H groups in total. The van der Waals surface area contributed by atoms with Crippen LogP contribution in [0, 0.1) is 0 Å². The summed E-state index contributed by atoms with van der Waals surface area (Å²) in [5, 5.41) is 6.43. The van der Waals surface area contributed by atoms with E-state index in [9.17, 15) is 0 Å². The van der Waals surface area contributed by atoms with E-state index < -0.39 is 0 Å². The molecule has 1 aromatic rings. The third kappa shape index (κ3) is 2.89. The lowest BCUT2D eigenvalue weighted by Gasteiger charge is -2.09. The number of hydrogen-bond donors (Lipinski definition) is 1. The minimum absolute atomic E-state index is 0.333. The summed E-state index contributed by atoms with van der Waals surface area (Å²) in [7, 11) is 1.70. The van der Waals surface area contributed by atoms with E-state index in [1.807, 2.05) is 11.6 Å². The molecule has 0 aliphatic heterocycles. The standard InChI is InChI=1S/C8H14N2OS/c1-7(9-3-5-11-2)8-10-4-6-12-8/h4,6-7,9H,3,5H2,1-2H3/t7-/m1/s1. The van der Waals surface area contributed by atoms with E-state index in [0.29, 0.717) is 6.04 Å². The van der Waals surface area contributed by atoms with Crippen molar-refractivity contribution in [2.45, 2.75) is 13.0 Å². The molecule has 1 aromatic heterocycles. The number of nitrogens with one attached hydrogen (secondary N) is 1. The molecule has 0 bridgehead atoms. The van der Waals surface area contributed by atoms with Crippen LogP contribution in [0.25, 0.3) is 0 Å². The first-order valence-electron chi connectivity index (χ1n) is 3.96. The van der Waals surface area contributed by atoms with E-state index >= 15 is 0 Å². The number of ether oxygens (including phenoxy) is 1. The third-order valence-electron chi connectivity index (χ3n) is 1.58. The molecule has 0 saturated heterocycles. The van der Waals surface area contributed by atoms with Crippen LogP contribution in [0.5, 0.6) is 0 Å². The van der Waals surface area contributed by atoms with Crippen molar-refractivity contribution in [3.8, 4) is 0 Å². The van der Waals surface area contributed by atoms with Crippen molar-refractivity contribution in [2.75, 3.05) is 20.3 Å². The highest BCUT2D eigenvalue weighted by atomic mass is 32.1. The number of hydrogen-bond acceptors (Lipinski definition) is 4. The van der Waals surface area contributed by atoms with Gasteiger partial charge in [0.1, 0.15) is 5.01 Å². The Morgan fingerprint density at radius 3 is 3.17 bits per heavy atom. The molecule has 68 valence electrons. The van der Waals surface area contributed by atoms with Gasteiger partial charge < -0.3 is 10.1 Å². The van der Waals surface area contributed by atoms with E-state index in [0.717, 1.165) is 18.2 Å². The molecule has 0 spiro atoms. The first-order valence-corrected chi connectivity index (χ1v) is 4.84. The van der Waals surface area contributed by atoms with Crippen LogP contribution in [0.2, 0.25) is 0 Å². The average molecular weight is 186 g/mol. The van der Waals surface area contributed by atoms with Crippen molar-refractivity contribution >= 4 is 11.3 Å². The zero-order chi connectivity index (χ0) is 8.81. The van der Waals surface area contributed by atoms with Gasteiger partial charge in [-0.2, -0.15) is 0 Å². The maximum absolute atomic E-state index is 4.93. The average Bonchev–Trinajstić information content (AvgIpc) is 2.56. The molecule has 0 radical (unpaired) electrons. The quantitative estimate of drug-likeness (QED) is 0.707. The van der Waals surface area contributed by atoms with Gasteiger partial charge in [0.05, 0.1) is 12.6 Å². The second-order valence-electron chi connectivity index (χ2n) is 2.54. The highest BCUT2D eigenvalue weighted by Crippen LogP contribution is 2.13. The van der Waals surface area contributed by atoms with Crippen LogP contribution in [0.1, 0.15) is 18.0 Å². The Hall–Kier alpha value is -0.450. The molecule has 0 amide bonds. The van der Waals surface area contributed by atoms with Crippen LogP contribution in [0.3, 0.4) is 0 Å². The van der Waals surface area contributed by atoms with Gasteiger partial charge in [-0.1, -0.05) is 0 Å². The lowest BCUT2D eigenvalue weighted by Crippen LogP contribution is -2.22. The molecule has 1 atom stereocenters.